The first-order valence-electron chi connectivity index (χ1n) is 9.70. The van der Waals surface area contributed by atoms with Crippen LogP contribution in [0.5, 0.6) is 0 Å². The second-order valence-corrected chi connectivity index (χ2v) is 7.80. The number of hydrogen-bond donors (Lipinski definition) is 1. The normalized spacial score (nSPS) is 18.8. The molecule has 2 fully saturated rings. The molecule has 1 aromatic heterocycles. The molecule has 0 unspecified atom stereocenters. The largest absolute Gasteiger partial charge is 0.360 e. The quantitative estimate of drug-likeness (QED) is 0.863. The minimum atomic E-state index is -0.109. The smallest absolute Gasteiger partial charge is 0.273 e. The summed E-state index contributed by atoms with van der Waals surface area (Å²) in [7, 11) is 0. The standard InChI is InChI=1S/C21H27N3O2/c1-15-2-4-17(5-3-15)14-24-10-8-16(9-11-24)13-22-21(25)19-12-20(26-23-19)18-6-7-18/h2-5,12,16,18H,6-11,13-14H2,1H3,(H,22,25). The van der Waals surface area contributed by atoms with Crippen LogP contribution in [0.15, 0.2) is 34.9 Å². The third kappa shape index (κ3) is 4.33. The van der Waals surface area contributed by atoms with Gasteiger partial charge >= 0.3 is 0 Å². The average molecular weight is 353 g/mol. The van der Waals surface area contributed by atoms with Gasteiger partial charge in [-0.3, -0.25) is 9.69 Å². The molecule has 26 heavy (non-hydrogen) atoms. The molecule has 2 aromatic rings. The first-order chi connectivity index (χ1) is 12.7. The lowest BCUT2D eigenvalue weighted by Gasteiger charge is -2.32. The molecule has 1 saturated carbocycles. The fourth-order valence-corrected chi connectivity index (χ4v) is 3.58. The topological polar surface area (TPSA) is 58.4 Å². The number of aromatic nitrogens is 1. The lowest BCUT2D eigenvalue weighted by molar-refractivity contribution is 0.0926. The van der Waals surface area contributed by atoms with E-state index in [0.717, 1.165) is 57.6 Å². The van der Waals surface area contributed by atoms with Crippen molar-refractivity contribution in [3.8, 4) is 0 Å². The highest BCUT2D eigenvalue weighted by Crippen LogP contribution is 2.40. The molecule has 138 valence electrons. The van der Waals surface area contributed by atoms with Crippen LogP contribution in [-0.4, -0.2) is 35.6 Å². The number of benzene rings is 1. The Balaban J connectivity index is 1.19. The van der Waals surface area contributed by atoms with Crippen molar-refractivity contribution in [1.29, 1.82) is 0 Å². The zero-order chi connectivity index (χ0) is 17.9. The van der Waals surface area contributed by atoms with Crippen molar-refractivity contribution in [3.05, 3.63) is 52.9 Å². The molecular formula is C21H27N3O2. The fraction of sp³-hybridized carbons (Fsp3) is 0.524. The minimum Gasteiger partial charge on any atom is -0.360 e. The van der Waals surface area contributed by atoms with E-state index in [0.29, 0.717) is 17.5 Å². The lowest BCUT2D eigenvalue weighted by Crippen LogP contribution is -2.38. The van der Waals surface area contributed by atoms with Crippen LogP contribution < -0.4 is 5.32 Å². The van der Waals surface area contributed by atoms with Crippen LogP contribution in [0.25, 0.3) is 0 Å². The van der Waals surface area contributed by atoms with Gasteiger partial charge in [0, 0.05) is 25.1 Å². The number of aryl methyl sites for hydroxylation is 1. The van der Waals surface area contributed by atoms with Crippen LogP contribution in [-0.2, 0) is 6.54 Å². The van der Waals surface area contributed by atoms with E-state index in [4.69, 9.17) is 4.52 Å². The number of carbonyl (C=O) groups is 1. The molecule has 0 atom stereocenters. The number of nitrogens with zero attached hydrogens (tertiary/aromatic N) is 2. The maximum atomic E-state index is 12.2. The number of hydrogen-bond acceptors (Lipinski definition) is 4. The predicted molar refractivity (Wildman–Crippen MR) is 100.0 cm³/mol. The highest BCUT2D eigenvalue weighted by Gasteiger charge is 2.29. The van der Waals surface area contributed by atoms with Gasteiger partial charge in [-0.2, -0.15) is 0 Å². The molecule has 1 amide bonds. The predicted octanol–water partition coefficient (Wildman–Crippen LogP) is 3.50. The molecule has 0 radical (unpaired) electrons. The number of nitrogens with one attached hydrogen (secondary N) is 1. The Morgan fingerprint density at radius 1 is 1.19 bits per heavy atom. The lowest BCUT2D eigenvalue weighted by atomic mass is 9.96. The molecule has 5 heteroatoms. The van der Waals surface area contributed by atoms with Gasteiger partial charge in [-0.25, -0.2) is 0 Å². The summed E-state index contributed by atoms with van der Waals surface area (Å²) in [5, 5.41) is 6.94. The van der Waals surface area contributed by atoms with E-state index in [9.17, 15) is 4.79 Å². The van der Waals surface area contributed by atoms with Crippen molar-refractivity contribution in [3.63, 3.8) is 0 Å². The number of likely N-dealkylation sites (tertiary alicyclic amines) is 1. The summed E-state index contributed by atoms with van der Waals surface area (Å²) in [6.45, 7) is 6.04. The molecule has 0 bridgehead atoms. The molecule has 4 rings (SSSR count). The molecule has 5 nitrogen and oxygen atoms in total. The van der Waals surface area contributed by atoms with E-state index < -0.39 is 0 Å². The molecule has 2 heterocycles. The molecule has 1 saturated heterocycles. The van der Waals surface area contributed by atoms with Gasteiger partial charge in [0.1, 0.15) is 5.76 Å². The summed E-state index contributed by atoms with van der Waals surface area (Å²) in [6, 6.07) is 10.6. The first-order valence-corrected chi connectivity index (χ1v) is 9.70. The summed E-state index contributed by atoms with van der Waals surface area (Å²) >= 11 is 0. The van der Waals surface area contributed by atoms with Crippen LogP contribution in [0.1, 0.15) is 59.0 Å². The summed E-state index contributed by atoms with van der Waals surface area (Å²) in [6.07, 6.45) is 4.55. The van der Waals surface area contributed by atoms with Gasteiger partial charge in [0.25, 0.3) is 5.91 Å². The third-order valence-corrected chi connectivity index (χ3v) is 5.53. The van der Waals surface area contributed by atoms with Crippen molar-refractivity contribution in [1.82, 2.24) is 15.4 Å². The van der Waals surface area contributed by atoms with Gasteiger partial charge < -0.3 is 9.84 Å². The summed E-state index contributed by atoms with van der Waals surface area (Å²) in [5.74, 6) is 1.78. The Morgan fingerprint density at radius 3 is 2.62 bits per heavy atom. The first kappa shape index (κ1) is 17.3. The van der Waals surface area contributed by atoms with Crippen LogP contribution in [0.3, 0.4) is 0 Å². The van der Waals surface area contributed by atoms with E-state index in [-0.39, 0.29) is 5.91 Å². The van der Waals surface area contributed by atoms with Gasteiger partial charge in [-0.15, -0.1) is 0 Å². The van der Waals surface area contributed by atoms with Crippen molar-refractivity contribution in [2.45, 2.75) is 45.1 Å². The molecule has 1 aliphatic heterocycles. The highest BCUT2D eigenvalue weighted by molar-refractivity contribution is 5.92. The van der Waals surface area contributed by atoms with Crippen LogP contribution in [0.4, 0.5) is 0 Å². The Kier molecular flexibility index (Phi) is 5.07. The van der Waals surface area contributed by atoms with Crippen LogP contribution in [0, 0.1) is 12.8 Å². The van der Waals surface area contributed by atoms with Crippen molar-refractivity contribution in [2.75, 3.05) is 19.6 Å². The van der Waals surface area contributed by atoms with E-state index in [1.165, 1.54) is 11.1 Å². The Bertz CT molecular complexity index is 741. The summed E-state index contributed by atoms with van der Waals surface area (Å²) in [5.41, 5.74) is 3.10. The van der Waals surface area contributed by atoms with Gasteiger partial charge in [0.05, 0.1) is 0 Å². The van der Waals surface area contributed by atoms with Gasteiger partial charge in [0.2, 0.25) is 0 Å². The molecule has 0 spiro atoms. The highest BCUT2D eigenvalue weighted by atomic mass is 16.5. The van der Waals surface area contributed by atoms with E-state index in [1.54, 1.807) is 6.07 Å². The Hall–Kier alpha value is -2.14. The van der Waals surface area contributed by atoms with Crippen LogP contribution >= 0.6 is 0 Å². The Labute approximate surface area is 154 Å². The fourth-order valence-electron chi connectivity index (χ4n) is 3.58. The third-order valence-electron chi connectivity index (χ3n) is 5.53. The number of rotatable bonds is 6. The molecule has 1 aromatic carbocycles. The molecule has 1 aliphatic carbocycles. The summed E-state index contributed by atoms with van der Waals surface area (Å²) < 4.78 is 5.26. The molecule has 2 aliphatic rings. The van der Waals surface area contributed by atoms with Crippen LogP contribution in [0.2, 0.25) is 0 Å². The zero-order valence-electron chi connectivity index (χ0n) is 15.4. The number of carbonyl (C=O) groups excluding carboxylic acids is 1. The van der Waals surface area contributed by atoms with E-state index in [1.807, 2.05) is 0 Å². The van der Waals surface area contributed by atoms with Gasteiger partial charge in [-0.1, -0.05) is 35.0 Å². The number of amides is 1. The molecular weight excluding hydrogens is 326 g/mol. The SMILES string of the molecule is Cc1ccc(CN2CCC(CNC(=O)c3cc(C4CC4)on3)CC2)cc1. The maximum absolute atomic E-state index is 12.2. The van der Waals surface area contributed by atoms with Crippen molar-refractivity contribution >= 4 is 5.91 Å². The van der Waals surface area contributed by atoms with Gasteiger partial charge in [-0.05, 0) is 57.2 Å². The summed E-state index contributed by atoms with van der Waals surface area (Å²) in [4.78, 5) is 14.7. The second kappa shape index (κ2) is 7.62. The minimum absolute atomic E-state index is 0.109. The zero-order valence-corrected chi connectivity index (χ0v) is 15.4. The maximum Gasteiger partial charge on any atom is 0.273 e. The van der Waals surface area contributed by atoms with E-state index in [2.05, 4.69) is 46.6 Å². The second-order valence-electron chi connectivity index (χ2n) is 7.80. The van der Waals surface area contributed by atoms with Crippen molar-refractivity contribution < 1.29 is 9.32 Å². The van der Waals surface area contributed by atoms with E-state index >= 15 is 0 Å². The monoisotopic (exact) mass is 353 g/mol. The Morgan fingerprint density at radius 2 is 1.92 bits per heavy atom. The van der Waals surface area contributed by atoms with Gasteiger partial charge in [0.15, 0.2) is 5.69 Å². The average Bonchev–Trinajstić information content (AvgIpc) is 3.39. The molecule has 1 N–H and O–H groups in total. The van der Waals surface area contributed by atoms with Crippen molar-refractivity contribution in [2.24, 2.45) is 5.92 Å². The number of piperidine rings is 1.